The summed E-state index contributed by atoms with van der Waals surface area (Å²) in [5.74, 6) is 0. The maximum atomic E-state index is 6.50. The summed E-state index contributed by atoms with van der Waals surface area (Å²) in [7, 11) is 0. The van der Waals surface area contributed by atoms with Crippen molar-refractivity contribution < 1.29 is 8.83 Å². The van der Waals surface area contributed by atoms with E-state index in [0.29, 0.717) is 0 Å². The Morgan fingerprint density at radius 2 is 0.804 bits per heavy atom. The second-order valence-electron chi connectivity index (χ2n) is 13.0. The first kappa shape index (κ1) is 29.1. The maximum Gasteiger partial charge on any atom is 0.143 e. The predicted molar refractivity (Wildman–Crippen MR) is 212 cm³/mol. The van der Waals surface area contributed by atoms with Crippen LogP contribution in [0.5, 0.6) is 0 Å². The van der Waals surface area contributed by atoms with Crippen LogP contribution in [0.3, 0.4) is 0 Å². The van der Waals surface area contributed by atoms with Gasteiger partial charge in [0.25, 0.3) is 0 Å². The van der Waals surface area contributed by atoms with Gasteiger partial charge < -0.3 is 14.2 Å². The summed E-state index contributed by atoms with van der Waals surface area (Å²) in [6.07, 6.45) is 0. The van der Waals surface area contributed by atoms with Crippen molar-refractivity contribution in [2.24, 2.45) is 0 Å². The average molecular weight is 654 g/mol. The minimum atomic E-state index is 0.891. The molecule has 0 atom stereocenters. The number of furan rings is 2. The summed E-state index contributed by atoms with van der Waals surface area (Å²) in [4.78, 5) is 0. The molecule has 8 aromatic carbocycles. The predicted octanol–water partition coefficient (Wildman–Crippen LogP) is 13.9. The lowest BCUT2D eigenvalue weighted by molar-refractivity contribution is 0.669. The first-order valence-corrected chi connectivity index (χ1v) is 17.2. The van der Waals surface area contributed by atoms with Gasteiger partial charge in [-0.2, -0.15) is 0 Å². The van der Waals surface area contributed by atoms with Crippen molar-refractivity contribution in [3.8, 4) is 44.5 Å². The van der Waals surface area contributed by atoms with Gasteiger partial charge in [-0.1, -0.05) is 121 Å². The third kappa shape index (κ3) is 5.24. The Morgan fingerprint density at radius 1 is 0.294 bits per heavy atom. The monoisotopic (exact) mass is 653 g/mol. The molecule has 0 aliphatic heterocycles. The molecule has 3 nitrogen and oxygen atoms in total. The van der Waals surface area contributed by atoms with Crippen LogP contribution in [0.4, 0.5) is 11.4 Å². The first-order chi connectivity index (χ1) is 25.2. The van der Waals surface area contributed by atoms with Crippen LogP contribution in [0, 0.1) is 0 Å². The van der Waals surface area contributed by atoms with Crippen molar-refractivity contribution in [2.45, 2.75) is 0 Å². The molecule has 0 unspecified atom stereocenters. The zero-order valence-electron chi connectivity index (χ0n) is 27.6. The molecular weight excluding hydrogens is 623 g/mol. The summed E-state index contributed by atoms with van der Waals surface area (Å²) in [5, 5.41) is 8.31. The van der Waals surface area contributed by atoms with Crippen molar-refractivity contribution in [3.63, 3.8) is 0 Å². The number of hydrogen-bond donors (Lipinski definition) is 1. The maximum absolute atomic E-state index is 6.50. The quantitative estimate of drug-likeness (QED) is 0.194. The van der Waals surface area contributed by atoms with Crippen LogP contribution in [0.15, 0.2) is 191 Å². The van der Waals surface area contributed by atoms with Crippen LogP contribution in [0.2, 0.25) is 0 Å². The summed E-state index contributed by atoms with van der Waals surface area (Å²) in [6.45, 7) is 0. The highest BCUT2D eigenvalue weighted by molar-refractivity contribution is 6.10. The molecule has 0 fully saturated rings. The molecule has 0 aliphatic carbocycles. The van der Waals surface area contributed by atoms with Gasteiger partial charge in [0, 0.05) is 38.5 Å². The summed E-state index contributed by atoms with van der Waals surface area (Å²) in [5.41, 5.74) is 14.5. The molecule has 0 saturated heterocycles. The standard InChI is InChI=1S/C48H31NO2/c1-3-12-31(13-4-1)34-24-36(33-22-23-47-44(30-33)42-17-8-9-20-45(42)50-47)28-38(26-34)49-39-27-35(32-14-5-2-6-15-32)25-37(29-39)40-18-11-19-43-41-16-7-10-21-46(41)51-48(40)43/h1-30,49H. The summed E-state index contributed by atoms with van der Waals surface area (Å²) < 4.78 is 12.7. The molecular formula is C48H31NO2. The van der Waals surface area contributed by atoms with Crippen molar-refractivity contribution in [1.82, 2.24) is 0 Å². The van der Waals surface area contributed by atoms with Gasteiger partial charge in [-0.25, -0.2) is 0 Å². The lowest BCUT2D eigenvalue weighted by Crippen LogP contribution is -1.94. The third-order valence-corrected chi connectivity index (χ3v) is 9.79. The van der Waals surface area contributed by atoms with Crippen LogP contribution in [0.25, 0.3) is 88.4 Å². The molecule has 2 aromatic heterocycles. The topological polar surface area (TPSA) is 38.3 Å². The Morgan fingerprint density at radius 3 is 1.49 bits per heavy atom. The molecule has 0 radical (unpaired) electrons. The molecule has 0 bridgehead atoms. The lowest BCUT2D eigenvalue weighted by atomic mass is 9.95. The number of rotatable bonds is 6. The molecule has 51 heavy (non-hydrogen) atoms. The first-order valence-electron chi connectivity index (χ1n) is 17.2. The number of para-hydroxylation sites is 3. The molecule has 3 heteroatoms. The van der Waals surface area contributed by atoms with Gasteiger partial charge in [0.15, 0.2) is 0 Å². The van der Waals surface area contributed by atoms with E-state index in [2.05, 4.69) is 163 Å². The van der Waals surface area contributed by atoms with Gasteiger partial charge in [0.2, 0.25) is 0 Å². The van der Waals surface area contributed by atoms with Crippen LogP contribution in [-0.2, 0) is 0 Å². The van der Waals surface area contributed by atoms with Crippen molar-refractivity contribution in [3.05, 3.63) is 182 Å². The zero-order valence-corrected chi connectivity index (χ0v) is 27.6. The fourth-order valence-electron chi connectivity index (χ4n) is 7.36. The van der Waals surface area contributed by atoms with Crippen LogP contribution >= 0.6 is 0 Å². The second kappa shape index (κ2) is 11.9. The van der Waals surface area contributed by atoms with Crippen LogP contribution in [-0.4, -0.2) is 0 Å². The molecule has 2 heterocycles. The van der Waals surface area contributed by atoms with E-state index >= 15 is 0 Å². The van der Waals surface area contributed by atoms with E-state index < -0.39 is 0 Å². The average Bonchev–Trinajstić information content (AvgIpc) is 3.76. The van der Waals surface area contributed by atoms with Gasteiger partial charge in [0.05, 0.1) is 0 Å². The van der Waals surface area contributed by atoms with E-state index in [0.717, 1.165) is 99.8 Å². The molecule has 0 amide bonds. The van der Waals surface area contributed by atoms with Crippen LogP contribution in [0.1, 0.15) is 0 Å². The Bertz CT molecular complexity index is 2880. The molecule has 240 valence electrons. The molecule has 0 spiro atoms. The van der Waals surface area contributed by atoms with Gasteiger partial charge in [-0.3, -0.25) is 0 Å². The Kier molecular flexibility index (Phi) is 6.81. The molecule has 1 N–H and O–H groups in total. The fraction of sp³-hybridized carbons (Fsp3) is 0. The van der Waals surface area contributed by atoms with Gasteiger partial charge in [-0.15, -0.1) is 0 Å². The molecule has 10 aromatic rings. The van der Waals surface area contributed by atoms with Crippen LogP contribution < -0.4 is 5.32 Å². The Hall–Kier alpha value is -6.84. The van der Waals surface area contributed by atoms with Crippen molar-refractivity contribution >= 4 is 55.3 Å². The van der Waals surface area contributed by atoms with E-state index in [1.807, 2.05) is 24.3 Å². The van der Waals surface area contributed by atoms with E-state index in [9.17, 15) is 0 Å². The van der Waals surface area contributed by atoms with Gasteiger partial charge in [-0.05, 0) is 99.6 Å². The van der Waals surface area contributed by atoms with Crippen molar-refractivity contribution in [2.75, 3.05) is 5.32 Å². The summed E-state index contributed by atoms with van der Waals surface area (Å²) >= 11 is 0. The second-order valence-corrected chi connectivity index (χ2v) is 13.0. The SMILES string of the molecule is c1ccc(-c2cc(Nc3cc(-c4ccccc4)cc(-c4cccc5c4oc4ccccc45)c3)cc(-c3ccc4oc5ccccc5c4c3)c2)cc1. The fourth-order valence-corrected chi connectivity index (χ4v) is 7.36. The molecule has 10 rings (SSSR count). The number of hydrogen-bond acceptors (Lipinski definition) is 3. The largest absolute Gasteiger partial charge is 0.456 e. The van der Waals surface area contributed by atoms with E-state index in [1.165, 1.54) is 0 Å². The smallest absolute Gasteiger partial charge is 0.143 e. The molecule has 0 aliphatic rings. The highest BCUT2D eigenvalue weighted by Crippen LogP contribution is 2.40. The van der Waals surface area contributed by atoms with E-state index in [1.54, 1.807) is 0 Å². The number of benzene rings is 8. The minimum Gasteiger partial charge on any atom is -0.456 e. The summed E-state index contributed by atoms with van der Waals surface area (Å²) in [6, 6.07) is 64.0. The molecule has 0 saturated carbocycles. The normalized spacial score (nSPS) is 11.5. The third-order valence-electron chi connectivity index (χ3n) is 9.79. The Labute approximate surface area is 295 Å². The van der Waals surface area contributed by atoms with E-state index in [-0.39, 0.29) is 0 Å². The number of anilines is 2. The Balaban J connectivity index is 1.13. The number of fused-ring (bicyclic) bond motifs is 6. The van der Waals surface area contributed by atoms with E-state index in [4.69, 9.17) is 8.83 Å². The zero-order chi connectivity index (χ0) is 33.7. The minimum absolute atomic E-state index is 0.891. The number of nitrogens with one attached hydrogen (secondary N) is 1. The van der Waals surface area contributed by atoms with Crippen molar-refractivity contribution in [1.29, 1.82) is 0 Å². The highest BCUT2D eigenvalue weighted by atomic mass is 16.3. The van der Waals surface area contributed by atoms with Gasteiger partial charge >= 0.3 is 0 Å². The lowest BCUT2D eigenvalue weighted by Gasteiger charge is -2.15. The van der Waals surface area contributed by atoms with Gasteiger partial charge in [0.1, 0.15) is 22.3 Å². The highest BCUT2D eigenvalue weighted by Gasteiger charge is 2.15.